The zero-order valence-corrected chi connectivity index (χ0v) is 22.9. The number of halogens is 1. The van der Waals surface area contributed by atoms with Crippen LogP contribution in [-0.4, -0.2) is 9.97 Å². The van der Waals surface area contributed by atoms with Gasteiger partial charge in [-0.25, -0.2) is 4.98 Å². The summed E-state index contributed by atoms with van der Waals surface area (Å²) in [5.74, 6) is 0. The highest BCUT2D eigenvalue weighted by Crippen LogP contribution is 2.38. The van der Waals surface area contributed by atoms with Crippen molar-refractivity contribution in [2.45, 2.75) is 40.0 Å². The van der Waals surface area contributed by atoms with Crippen molar-refractivity contribution in [3.63, 3.8) is 0 Å². The predicted molar refractivity (Wildman–Crippen MR) is 155 cm³/mol. The van der Waals surface area contributed by atoms with Crippen molar-refractivity contribution in [3.05, 3.63) is 93.5 Å². The molecule has 35 heavy (non-hydrogen) atoms. The van der Waals surface area contributed by atoms with E-state index in [1.165, 1.54) is 48.5 Å². The Kier molecular flexibility index (Phi) is 6.39. The smallest absolute Gasteiger partial charge is 0.146 e. The van der Waals surface area contributed by atoms with Crippen LogP contribution in [0.4, 0.5) is 0 Å². The van der Waals surface area contributed by atoms with Crippen molar-refractivity contribution in [2.75, 3.05) is 0 Å². The van der Waals surface area contributed by atoms with E-state index in [0.29, 0.717) is 5.15 Å². The predicted octanol–water partition coefficient (Wildman–Crippen LogP) is 9.98. The first-order valence-electron chi connectivity index (χ1n) is 11.6. The van der Waals surface area contributed by atoms with Crippen LogP contribution in [-0.2, 0) is 5.41 Å². The fraction of sp³-hybridized carbons (Fsp3) is 0.200. The van der Waals surface area contributed by atoms with Gasteiger partial charge in [0.15, 0.2) is 0 Å². The van der Waals surface area contributed by atoms with Gasteiger partial charge in [-0.3, -0.25) is 4.98 Å². The van der Waals surface area contributed by atoms with Crippen molar-refractivity contribution in [2.24, 2.45) is 0 Å². The van der Waals surface area contributed by atoms with E-state index in [1.807, 2.05) is 12.3 Å². The fourth-order valence-electron chi connectivity index (χ4n) is 4.42. The van der Waals surface area contributed by atoms with E-state index < -0.39 is 0 Å². The van der Waals surface area contributed by atoms with Gasteiger partial charge in [0.2, 0.25) is 0 Å². The Morgan fingerprint density at radius 1 is 0.743 bits per heavy atom. The lowest BCUT2D eigenvalue weighted by molar-refractivity contribution is 0.596. The Balaban J connectivity index is 0.000000192. The van der Waals surface area contributed by atoms with Crippen molar-refractivity contribution < 1.29 is 0 Å². The molecule has 0 bridgehead atoms. The number of rotatable bonds is 1. The summed E-state index contributed by atoms with van der Waals surface area (Å²) < 4.78 is 2.37. The molecule has 0 fully saturated rings. The Hall–Kier alpha value is -2.79. The lowest BCUT2D eigenvalue weighted by atomic mass is 9.82. The molecule has 0 N–H and O–H groups in total. The molecule has 0 saturated heterocycles. The third kappa shape index (κ3) is 4.58. The zero-order chi connectivity index (χ0) is 24.7. The quantitative estimate of drug-likeness (QED) is 0.204. The van der Waals surface area contributed by atoms with Crippen molar-refractivity contribution in [1.82, 2.24) is 9.97 Å². The molecule has 4 aromatic heterocycles. The highest BCUT2D eigenvalue weighted by atomic mass is 35.5. The summed E-state index contributed by atoms with van der Waals surface area (Å²) in [5.41, 5.74) is 6.38. The van der Waals surface area contributed by atoms with Gasteiger partial charge in [-0.05, 0) is 87.1 Å². The Morgan fingerprint density at radius 2 is 1.37 bits per heavy atom. The van der Waals surface area contributed by atoms with E-state index in [0.717, 1.165) is 10.4 Å². The van der Waals surface area contributed by atoms with Gasteiger partial charge >= 0.3 is 0 Å². The highest BCUT2D eigenvalue weighted by Gasteiger charge is 2.19. The number of nitrogens with zero attached hydrogens (tertiary/aromatic N) is 2. The molecule has 0 unspecified atom stereocenters. The largest absolute Gasteiger partial charge is 0.255 e. The monoisotopic (exact) mass is 514 g/mol. The van der Waals surface area contributed by atoms with E-state index in [-0.39, 0.29) is 5.41 Å². The number of fused-ring (bicyclic) bond motifs is 3. The van der Waals surface area contributed by atoms with Crippen LogP contribution in [0.15, 0.2) is 71.7 Å². The second-order valence-electron chi connectivity index (χ2n) is 9.85. The van der Waals surface area contributed by atoms with Gasteiger partial charge in [-0.1, -0.05) is 56.6 Å². The number of hydrogen-bond acceptors (Lipinski definition) is 4. The third-order valence-corrected chi connectivity index (χ3v) is 8.91. The maximum absolute atomic E-state index is 5.87. The average Bonchev–Trinajstić information content (AvgIpc) is 3.42. The molecule has 0 saturated carbocycles. The first-order valence-corrected chi connectivity index (χ1v) is 13.7. The molecule has 0 aliphatic carbocycles. The number of aryl methyl sites for hydroxylation is 2. The van der Waals surface area contributed by atoms with Crippen LogP contribution in [0.2, 0.25) is 5.15 Å². The molecule has 5 heteroatoms. The van der Waals surface area contributed by atoms with Gasteiger partial charge in [0, 0.05) is 23.3 Å². The molecule has 0 amide bonds. The molecule has 2 nitrogen and oxygen atoms in total. The van der Waals surface area contributed by atoms with Gasteiger partial charge in [0.25, 0.3) is 0 Å². The van der Waals surface area contributed by atoms with Gasteiger partial charge in [0.1, 0.15) is 5.15 Å². The molecule has 0 spiro atoms. The molecule has 0 aliphatic rings. The first kappa shape index (κ1) is 23.9. The van der Waals surface area contributed by atoms with Crippen LogP contribution in [0, 0.1) is 13.8 Å². The standard InChI is InChI=1S/C22H21NS.C8H6ClNS/c1-14-13-24-21-17(14)9-10-23-20(21)16-11-15-7-5-6-8-18(15)19(12-16)22(2,3)4;1-5-4-11-7-6(5)2-3-10-8(7)9/h5-13H,1-4H3;2-4H,1H3. The molecular formula is C30H27ClN2S2. The van der Waals surface area contributed by atoms with Crippen LogP contribution < -0.4 is 0 Å². The number of aromatic nitrogens is 2. The van der Waals surface area contributed by atoms with Gasteiger partial charge in [-0.2, -0.15) is 0 Å². The SMILES string of the molecule is Cc1csc2c(-c3cc(C(C)(C)C)c4ccccc4c3)nccc12.Cc1csc2c(Cl)nccc12. The molecule has 0 atom stereocenters. The van der Waals surface area contributed by atoms with Crippen LogP contribution in [0.3, 0.4) is 0 Å². The molecule has 0 radical (unpaired) electrons. The van der Waals surface area contributed by atoms with E-state index in [4.69, 9.17) is 16.6 Å². The Labute approximate surface area is 219 Å². The van der Waals surface area contributed by atoms with Crippen molar-refractivity contribution in [3.8, 4) is 11.3 Å². The van der Waals surface area contributed by atoms with E-state index in [9.17, 15) is 0 Å². The third-order valence-electron chi connectivity index (χ3n) is 6.27. The van der Waals surface area contributed by atoms with Gasteiger partial charge < -0.3 is 0 Å². The van der Waals surface area contributed by atoms with Crippen LogP contribution >= 0.6 is 34.3 Å². The summed E-state index contributed by atoms with van der Waals surface area (Å²) in [6.45, 7) is 11.1. The number of pyridine rings is 2. The molecule has 2 aromatic carbocycles. The van der Waals surface area contributed by atoms with Gasteiger partial charge in [-0.15, -0.1) is 22.7 Å². The van der Waals surface area contributed by atoms with E-state index >= 15 is 0 Å². The minimum atomic E-state index is 0.0921. The first-order chi connectivity index (χ1) is 16.7. The van der Waals surface area contributed by atoms with E-state index in [2.05, 4.69) is 92.8 Å². The molecule has 4 heterocycles. The summed E-state index contributed by atoms with van der Waals surface area (Å²) in [6.07, 6.45) is 3.67. The fourth-order valence-corrected chi connectivity index (χ4v) is 6.70. The average molecular weight is 515 g/mol. The maximum atomic E-state index is 5.87. The summed E-state index contributed by atoms with van der Waals surface area (Å²) in [5, 5.41) is 10.1. The maximum Gasteiger partial charge on any atom is 0.146 e. The molecule has 0 aliphatic heterocycles. The highest BCUT2D eigenvalue weighted by molar-refractivity contribution is 7.18. The number of thiophene rings is 2. The lowest BCUT2D eigenvalue weighted by Gasteiger charge is -2.22. The molecule has 6 aromatic rings. The molecule has 6 rings (SSSR count). The Bertz CT molecular complexity index is 1670. The summed E-state index contributed by atoms with van der Waals surface area (Å²) in [6, 6.07) is 17.4. The van der Waals surface area contributed by atoms with Crippen molar-refractivity contribution in [1.29, 1.82) is 0 Å². The van der Waals surface area contributed by atoms with Crippen LogP contribution in [0.25, 0.3) is 42.2 Å². The number of benzene rings is 2. The van der Waals surface area contributed by atoms with Crippen LogP contribution in [0.1, 0.15) is 37.5 Å². The Morgan fingerprint density at radius 3 is 2.06 bits per heavy atom. The summed E-state index contributed by atoms with van der Waals surface area (Å²) in [7, 11) is 0. The minimum absolute atomic E-state index is 0.0921. The minimum Gasteiger partial charge on any atom is -0.255 e. The second-order valence-corrected chi connectivity index (χ2v) is 12.0. The lowest BCUT2D eigenvalue weighted by Crippen LogP contribution is -2.12. The zero-order valence-electron chi connectivity index (χ0n) is 20.5. The summed E-state index contributed by atoms with van der Waals surface area (Å²) >= 11 is 9.31. The summed E-state index contributed by atoms with van der Waals surface area (Å²) in [4.78, 5) is 8.73. The van der Waals surface area contributed by atoms with E-state index in [1.54, 1.807) is 28.9 Å². The topological polar surface area (TPSA) is 25.8 Å². The normalized spacial score (nSPS) is 11.7. The van der Waals surface area contributed by atoms with Gasteiger partial charge in [0.05, 0.1) is 15.1 Å². The molecular weight excluding hydrogens is 488 g/mol. The number of hydrogen-bond donors (Lipinski definition) is 0. The van der Waals surface area contributed by atoms with Crippen molar-refractivity contribution >= 4 is 65.2 Å². The molecule has 176 valence electrons. The second kappa shape index (κ2) is 9.34. The van der Waals surface area contributed by atoms with Crippen LogP contribution in [0.5, 0.6) is 0 Å².